The molecule has 0 N–H and O–H groups in total. The summed E-state index contributed by atoms with van der Waals surface area (Å²) in [4.78, 5) is 11.3. The Labute approximate surface area is 179 Å². The third kappa shape index (κ3) is 11.3. The van der Waals surface area contributed by atoms with Crippen molar-refractivity contribution in [2.45, 2.75) is 82.4 Å². The van der Waals surface area contributed by atoms with Crippen molar-refractivity contribution < 1.29 is 52.1 Å². The molecule has 0 aliphatic rings. The molecule has 26 heavy (non-hydrogen) atoms. The molecule has 1 rings (SSSR count). The van der Waals surface area contributed by atoms with Gasteiger partial charge >= 0.3 is 35.5 Å². The van der Waals surface area contributed by atoms with Crippen LogP contribution in [-0.4, -0.2) is 18.9 Å². The van der Waals surface area contributed by atoms with Gasteiger partial charge in [-0.1, -0.05) is 76.8 Å². The number of hydrogen-bond donors (Lipinski definition) is 0. The summed E-state index contributed by atoms with van der Waals surface area (Å²) < 4.78 is 38.4. The predicted molar refractivity (Wildman–Crippen MR) is 96.5 cm³/mol. The largest absolute Gasteiger partial charge is 1.00 e. The van der Waals surface area contributed by atoms with Crippen LogP contribution in [0.2, 0.25) is 0 Å². The maximum Gasteiger partial charge on any atom is 1.00 e. The number of benzene rings is 1. The van der Waals surface area contributed by atoms with E-state index in [1.807, 2.05) is 0 Å². The van der Waals surface area contributed by atoms with Crippen LogP contribution in [0.4, 0.5) is 0 Å². The summed E-state index contributed by atoms with van der Waals surface area (Å²) in [5.74, 6) is -0.690. The molecule has 0 spiro atoms. The summed E-state index contributed by atoms with van der Waals surface area (Å²) >= 11 is 0. The number of carbonyl (C=O) groups is 1. The average Bonchev–Trinajstić information content (AvgIpc) is 2.56. The van der Waals surface area contributed by atoms with Gasteiger partial charge in [-0.25, -0.2) is 8.42 Å². The van der Waals surface area contributed by atoms with Crippen LogP contribution >= 0.6 is 0 Å². The van der Waals surface area contributed by atoms with Crippen LogP contribution in [0.25, 0.3) is 0 Å². The summed E-state index contributed by atoms with van der Waals surface area (Å²) in [5.41, 5.74) is 0. The third-order valence-corrected chi connectivity index (χ3v) is 4.95. The zero-order chi connectivity index (χ0) is 18.5. The Morgan fingerprint density at radius 2 is 1.42 bits per heavy atom. The number of esters is 1. The number of unbranched alkanes of at least 4 members (excludes halogenated alkanes) is 9. The van der Waals surface area contributed by atoms with Gasteiger partial charge in [-0.2, -0.15) is 0 Å². The molecule has 0 radical (unpaired) electrons. The van der Waals surface area contributed by atoms with Crippen LogP contribution in [0.3, 0.4) is 0 Å². The smallest absolute Gasteiger partial charge is 0.744 e. The van der Waals surface area contributed by atoms with Gasteiger partial charge in [0.15, 0.2) is 0 Å². The van der Waals surface area contributed by atoms with Crippen molar-refractivity contribution >= 4 is 16.1 Å². The van der Waals surface area contributed by atoms with Crippen molar-refractivity contribution in [1.82, 2.24) is 0 Å². The van der Waals surface area contributed by atoms with E-state index < -0.39 is 21.0 Å². The molecule has 0 aliphatic heterocycles. The van der Waals surface area contributed by atoms with Gasteiger partial charge in [-0.3, -0.25) is 4.79 Å². The number of carbonyl (C=O) groups excluding carboxylic acids is 1. The Bertz CT molecular complexity index is 616. The molecule has 0 aliphatic carbocycles. The Morgan fingerprint density at radius 1 is 0.923 bits per heavy atom. The fraction of sp³-hybridized carbons (Fsp3) is 0.632. The van der Waals surface area contributed by atoms with Crippen LogP contribution in [0.1, 0.15) is 77.6 Å². The van der Waals surface area contributed by atoms with Gasteiger partial charge in [0, 0.05) is 6.42 Å². The molecule has 0 bridgehead atoms. The van der Waals surface area contributed by atoms with E-state index in [2.05, 4.69) is 6.92 Å². The number of ether oxygens (including phenoxy) is 1. The van der Waals surface area contributed by atoms with Gasteiger partial charge in [0.2, 0.25) is 0 Å². The first kappa shape index (κ1) is 25.6. The van der Waals surface area contributed by atoms with Gasteiger partial charge in [-0.05, 0) is 18.6 Å². The Hall–Kier alpha value is -0.400. The maximum absolute atomic E-state index is 11.8. The summed E-state index contributed by atoms with van der Waals surface area (Å²) in [6.45, 7) is 2.21. The molecule has 0 saturated heterocycles. The summed E-state index contributed by atoms with van der Waals surface area (Å²) in [6, 6.07) is 5.41. The van der Waals surface area contributed by atoms with Crippen LogP contribution in [0.5, 0.6) is 5.75 Å². The van der Waals surface area contributed by atoms with E-state index >= 15 is 0 Å². The molecular weight excluding hydrogens is 363 g/mol. The second kappa shape index (κ2) is 14.6. The quantitative estimate of drug-likeness (QED) is 0.168. The molecule has 0 saturated carbocycles. The molecule has 1 aromatic carbocycles. The standard InChI is InChI=1S/C19H30O5S.Na/c1-2-3-4-5-6-7-8-9-10-11-16-19(20)24-17-14-12-13-15-18(17)25(21,22)23;/h12-15H,2-11,16H2,1H3,(H,21,22,23);/q;+1/p-1. The monoisotopic (exact) mass is 392 g/mol. The number of para-hydroxylation sites is 1. The Balaban J connectivity index is 0.00000625. The topological polar surface area (TPSA) is 83.5 Å². The van der Waals surface area contributed by atoms with E-state index in [1.54, 1.807) is 0 Å². The second-order valence-corrected chi connectivity index (χ2v) is 7.65. The second-order valence-electron chi connectivity index (χ2n) is 6.31. The molecule has 0 fully saturated rings. The molecule has 142 valence electrons. The van der Waals surface area contributed by atoms with Gasteiger partial charge in [0.25, 0.3) is 0 Å². The van der Waals surface area contributed by atoms with Crippen molar-refractivity contribution in [3.05, 3.63) is 24.3 Å². The fourth-order valence-electron chi connectivity index (χ4n) is 2.67. The van der Waals surface area contributed by atoms with Crippen LogP contribution in [-0.2, 0) is 14.9 Å². The van der Waals surface area contributed by atoms with Crippen molar-refractivity contribution in [2.24, 2.45) is 0 Å². The molecule has 1 aromatic rings. The zero-order valence-corrected chi connectivity index (χ0v) is 18.9. The first-order valence-electron chi connectivity index (χ1n) is 9.20. The van der Waals surface area contributed by atoms with Crippen molar-refractivity contribution in [1.29, 1.82) is 0 Å². The zero-order valence-electron chi connectivity index (χ0n) is 16.0. The van der Waals surface area contributed by atoms with E-state index in [0.29, 0.717) is 6.42 Å². The molecule has 0 atom stereocenters. The summed E-state index contributed by atoms with van der Waals surface area (Å²) in [7, 11) is -4.65. The fourth-order valence-corrected chi connectivity index (χ4v) is 3.27. The van der Waals surface area contributed by atoms with Gasteiger partial charge in [-0.15, -0.1) is 0 Å². The average molecular weight is 392 g/mol. The Morgan fingerprint density at radius 3 is 1.96 bits per heavy atom. The molecule has 0 amide bonds. The third-order valence-electron chi connectivity index (χ3n) is 4.08. The van der Waals surface area contributed by atoms with Gasteiger partial charge < -0.3 is 9.29 Å². The van der Waals surface area contributed by atoms with Gasteiger partial charge in [0.1, 0.15) is 15.9 Å². The summed E-state index contributed by atoms with van der Waals surface area (Å²) in [6.07, 6.45) is 11.9. The first-order chi connectivity index (χ1) is 11.9. The van der Waals surface area contributed by atoms with Crippen LogP contribution in [0, 0.1) is 0 Å². The predicted octanol–water partition coefficient (Wildman–Crippen LogP) is 1.81. The number of hydrogen-bond acceptors (Lipinski definition) is 5. The molecule has 0 unspecified atom stereocenters. The number of rotatable bonds is 13. The van der Waals surface area contributed by atoms with Crippen LogP contribution < -0.4 is 34.3 Å². The van der Waals surface area contributed by atoms with Crippen molar-refractivity contribution in [3.8, 4) is 5.75 Å². The molecule has 5 nitrogen and oxygen atoms in total. The minimum absolute atomic E-state index is 0. The van der Waals surface area contributed by atoms with E-state index in [4.69, 9.17) is 4.74 Å². The van der Waals surface area contributed by atoms with E-state index in [9.17, 15) is 17.8 Å². The maximum atomic E-state index is 11.8. The first-order valence-corrected chi connectivity index (χ1v) is 10.6. The van der Waals surface area contributed by atoms with E-state index in [0.717, 1.165) is 18.9 Å². The van der Waals surface area contributed by atoms with E-state index in [-0.39, 0.29) is 41.7 Å². The Kier molecular flexibility index (Phi) is 14.4. The summed E-state index contributed by atoms with van der Waals surface area (Å²) in [5, 5.41) is 0. The SMILES string of the molecule is CCCCCCCCCCCCC(=O)Oc1ccccc1S(=O)(=O)[O-].[Na+]. The van der Waals surface area contributed by atoms with Gasteiger partial charge in [0.05, 0.1) is 4.90 Å². The molecule has 0 aromatic heterocycles. The normalized spacial score (nSPS) is 11.0. The van der Waals surface area contributed by atoms with Crippen molar-refractivity contribution in [3.63, 3.8) is 0 Å². The molecule has 0 heterocycles. The minimum atomic E-state index is -4.65. The van der Waals surface area contributed by atoms with E-state index in [1.165, 1.54) is 63.1 Å². The minimum Gasteiger partial charge on any atom is -0.744 e. The molecular formula is C19H29NaO5S. The van der Waals surface area contributed by atoms with Crippen LogP contribution in [0.15, 0.2) is 29.2 Å². The molecule has 7 heteroatoms. The van der Waals surface area contributed by atoms with Crippen molar-refractivity contribution in [2.75, 3.05) is 0 Å².